The lowest BCUT2D eigenvalue weighted by Gasteiger charge is -2.14. The first kappa shape index (κ1) is 19.0. The molecule has 0 saturated heterocycles. The first-order valence-corrected chi connectivity index (χ1v) is 9.72. The van der Waals surface area contributed by atoms with E-state index < -0.39 is 5.63 Å². The third kappa shape index (κ3) is 3.68. The lowest BCUT2D eigenvalue weighted by Crippen LogP contribution is -2.27. The van der Waals surface area contributed by atoms with Gasteiger partial charge < -0.3 is 14.2 Å². The van der Waals surface area contributed by atoms with Crippen molar-refractivity contribution >= 4 is 27.8 Å². The predicted octanol–water partition coefficient (Wildman–Crippen LogP) is 4.97. The molecule has 148 valence electrons. The van der Waals surface area contributed by atoms with Gasteiger partial charge in [-0.05, 0) is 49.9 Å². The summed E-state index contributed by atoms with van der Waals surface area (Å²) in [6.45, 7) is 5.83. The van der Waals surface area contributed by atoms with Gasteiger partial charge in [0, 0.05) is 28.8 Å². The highest BCUT2D eigenvalue weighted by molar-refractivity contribution is 5.96. The Labute approximate surface area is 168 Å². The summed E-state index contributed by atoms with van der Waals surface area (Å²) in [6, 6.07) is 13.4. The van der Waals surface area contributed by atoms with Crippen LogP contribution in [0.5, 0.6) is 0 Å². The van der Waals surface area contributed by atoms with Gasteiger partial charge in [0.1, 0.15) is 11.2 Å². The van der Waals surface area contributed by atoms with E-state index in [1.165, 1.54) is 0 Å². The molecule has 0 bridgehead atoms. The van der Waals surface area contributed by atoms with Crippen molar-refractivity contribution < 1.29 is 13.6 Å². The van der Waals surface area contributed by atoms with Crippen molar-refractivity contribution in [3.8, 4) is 0 Å². The Morgan fingerprint density at radius 3 is 2.59 bits per heavy atom. The molecule has 0 saturated carbocycles. The molecule has 4 aromatic rings. The number of hydrogen-bond donors (Lipinski definition) is 1. The van der Waals surface area contributed by atoms with Crippen LogP contribution in [0.4, 0.5) is 0 Å². The molecule has 0 fully saturated rings. The summed E-state index contributed by atoms with van der Waals surface area (Å²) in [5.41, 5.74) is 4.26. The molecule has 0 aliphatic rings. The van der Waals surface area contributed by atoms with Gasteiger partial charge in [-0.25, -0.2) is 4.79 Å². The molecule has 1 atom stereocenters. The zero-order chi connectivity index (χ0) is 20.5. The maximum absolute atomic E-state index is 12.5. The number of carbonyl (C=O) groups excluding carboxylic acids is 1. The normalized spacial score (nSPS) is 12.4. The van der Waals surface area contributed by atoms with E-state index in [1.54, 1.807) is 12.3 Å². The summed E-state index contributed by atoms with van der Waals surface area (Å²) in [4.78, 5) is 24.9. The molecule has 0 spiro atoms. The highest BCUT2D eigenvalue weighted by Gasteiger charge is 2.16. The van der Waals surface area contributed by atoms with E-state index >= 15 is 0 Å². The molecular weight excluding hydrogens is 366 g/mol. The second-order valence-electron chi connectivity index (χ2n) is 7.46. The van der Waals surface area contributed by atoms with Crippen LogP contribution in [0.3, 0.4) is 0 Å². The summed E-state index contributed by atoms with van der Waals surface area (Å²) in [5.74, 6) is -0.0959. The Bertz CT molecular complexity index is 1250. The van der Waals surface area contributed by atoms with E-state index in [0.717, 1.165) is 27.5 Å². The number of fused-ring (bicyclic) bond motifs is 2. The molecule has 29 heavy (non-hydrogen) atoms. The van der Waals surface area contributed by atoms with Crippen LogP contribution < -0.4 is 10.9 Å². The Hall–Kier alpha value is -3.34. The van der Waals surface area contributed by atoms with E-state index in [2.05, 4.69) is 5.32 Å². The molecule has 5 heteroatoms. The summed E-state index contributed by atoms with van der Waals surface area (Å²) < 4.78 is 11.0. The van der Waals surface area contributed by atoms with Gasteiger partial charge >= 0.3 is 5.63 Å². The average Bonchev–Trinajstić information content (AvgIpc) is 3.07. The van der Waals surface area contributed by atoms with Crippen molar-refractivity contribution in [3.05, 3.63) is 81.4 Å². The minimum Gasteiger partial charge on any atom is -0.464 e. The third-order valence-electron chi connectivity index (χ3n) is 5.45. The van der Waals surface area contributed by atoms with Crippen molar-refractivity contribution in [3.63, 3.8) is 0 Å². The number of nitrogens with one attached hydrogen (secondary N) is 1. The number of aryl methyl sites for hydroxylation is 2. The standard InChI is InChI=1S/C24H23NO4/c1-14-13-28-21-12-22-20(11-19(14)21)15(2)18(24(27)29-22)9-10-23(26)25-16(3)17-7-5-4-6-8-17/h4-8,11-13,16H,9-10H2,1-3H3,(H,25,26)/t16-/m1/s1. The molecule has 2 aromatic heterocycles. The number of furan rings is 1. The van der Waals surface area contributed by atoms with Gasteiger partial charge in [-0.3, -0.25) is 4.79 Å². The van der Waals surface area contributed by atoms with Gasteiger partial charge in [-0.2, -0.15) is 0 Å². The number of rotatable bonds is 5. The monoisotopic (exact) mass is 389 g/mol. The van der Waals surface area contributed by atoms with Crippen LogP contribution in [0.2, 0.25) is 0 Å². The van der Waals surface area contributed by atoms with Crippen LogP contribution in [0.1, 0.15) is 41.6 Å². The van der Waals surface area contributed by atoms with Crippen molar-refractivity contribution in [2.45, 2.75) is 39.7 Å². The highest BCUT2D eigenvalue weighted by Crippen LogP contribution is 2.29. The Kier molecular flexibility index (Phi) is 4.97. The number of amides is 1. The van der Waals surface area contributed by atoms with Gasteiger partial charge in [0.25, 0.3) is 0 Å². The van der Waals surface area contributed by atoms with E-state index in [4.69, 9.17) is 8.83 Å². The van der Waals surface area contributed by atoms with Gasteiger partial charge in [-0.1, -0.05) is 30.3 Å². The third-order valence-corrected chi connectivity index (χ3v) is 5.45. The van der Waals surface area contributed by atoms with Crippen molar-refractivity contribution in [1.29, 1.82) is 0 Å². The molecule has 1 N–H and O–H groups in total. The molecule has 4 rings (SSSR count). The summed E-state index contributed by atoms with van der Waals surface area (Å²) in [7, 11) is 0. The number of benzene rings is 2. The second kappa shape index (κ2) is 7.59. The number of carbonyl (C=O) groups is 1. The van der Waals surface area contributed by atoms with Gasteiger partial charge in [0.05, 0.1) is 12.3 Å². The van der Waals surface area contributed by atoms with Crippen LogP contribution in [-0.2, 0) is 11.2 Å². The average molecular weight is 389 g/mol. The fourth-order valence-electron chi connectivity index (χ4n) is 3.70. The molecule has 0 radical (unpaired) electrons. The Morgan fingerprint density at radius 1 is 1.07 bits per heavy atom. The largest absolute Gasteiger partial charge is 0.464 e. The van der Waals surface area contributed by atoms with Gasteiger partial charge in [0.15, 0.2) is 0 Å². The maximum atomic E-state index is 12.5. The lowest BCUT2D eigenvalue weighted by molar-refractivity contribution is -0.121. The van der Waals surface area contributed by atoms with E-state index in [1.807, 2.05) is 57.2 Å². The summed E-state index contributed by atoms with van der Waals surface area (Å²) in [6.07, 6.45) is 2.25. The minimum atomic E-state index is -0.401. The molecule has 2 aromatic carbocycles. The molecule has 0 aliphatic heterocycles. The second-order valence-corrected chi connectivity index (χ2v) is 7.46. The Balaban J connectivity index is 1.56. The first-order valence-electron chi connectivity index (χ1n) is 9.72. The van der Waals surface area contributed by atoms with Gasteiger partial charge in [0.2, 0.25) is 5.91 Å². The van der Waals surface area contributed by atoms with Crippen molar-refractivity contribution in [1.82, 2.24) is 5.32 Å². The molecule has 0 unspecified atom stereocenters. The minimum absolute atomic E-state index is 0.0878. The maximum Gasteiger partial charge on any atom is 0.339 e. The SMILES string of the molecule is Cc1coc2cc3oc(=O)c(CCC(=O)N[C@H](C)c4ccccc4)c(C)c3cc12. The zero-order valence-corrected chi connectivity index (χ0v) is 16.7. The predicted molar refractivity (Wildman–Crippen MR) is 113 cm³/mol. The van der Waals surface area contributed by atoms with Gasteiger partial charge in [-0.15, -0.1) is 0 Å². The zero-order valence-electron chi connectivity index (χ0n) is 16.7. The molecular formula is C24H23NO4. The van der Waals surface area contributed by atoms with Crippen LogP contribution >= 0.6 is 0 Å². The highest BCUT2D eigenvalue weighted by atomic mass is 16.4. The number of hydrogen-bond acceptors (Lipinski definition) is 4. The van der Waals surface area contributed by atoms with Crippen molar-refractivity contribution in [2.75, 3.05) is 0 Å². The van der Waals surface area contributed by atoms with Crippen LogP contribution in [0, 0.1) is 13.8 Å². The van der Waals surface area contributed by atoms with E-state index in [9.17, 15) is 9.59 Å². The quantitative estimate of drug-likeness (QED) is 0.489. The first-order chi connectivity index (χ1) is 13.9. The van der Waals surface area contributed by atoms with Crippen LogP contribution in [-0.4, -0.2) is 5.91 Å². The molecule has 0 aliphatic carbocycles. The lowest BCUT2D eigenvalue weighted by atomic mass is 10.0. The topological polar surface area (TPSA) is 72.5 Å². The van der Waals surface area contributed by atoms with Crippen LogP contribution in [0.15, 0.2) is 62.4 Å². The van der Waals surface area contributed by atoms with E-state index in [-0.39, 0.29) is 18.4 Å². The van der Waals surface area contributed by atoms with Crippen molar-refractivity contribution in [2.24, 2.45) is 0 Å². The summed E-state index contributed by atoms with van der Waals surface area (Å²) >= 11 is 0. The van der Waals surface area contributed by atoms with E-state index in [0.29, 0.717) is 23.2 Å². The molecule has 5 nitrogen and oxygen atoms in total. The fourth-order valence-corrected chi connectivity index (χ4v) is 3.70. The molecule has 1 amide bonds. The Morgan fingerprint density at radius 2 is 1.83 bits per heavy atom. The smallest absolute Gasteiger partial charge is 0.339 e. The molecule has 2 heterocycles. The van der Waals surface area contributed by atoms with Crippen LogP contribution in [0.25, 0.3) is 21.9 Å². The fraction of sp³-hybridized carbons (Fsp3) is 0.250. The summed E-state index contributed by atoms with van der Waals surface area (Å²) in [5, 5.41) is 4.85.